The Kier molecular flexibility index (Phi) is 8.69. The average Bonchev–Trinajstić information content (AvgIpc) is 2.87. The van der Waals surface area contributed by atoms with Crippen LogP contribution in [-0.2, 0) is 6.42 Å². The lowest BCUT2D eigenvalue weighted by Crippen LogP contribution is -2.09. The molecule has 0 spiro atoms. The number of hydrogen-bond acceptors (Lipinski definition) is 8. The lowest BCUT2D eigenvalue weighted by atomic mass is 10.1. The predicted molar refractivity (Wildman–Crippen MR) is 134 cm³/mol. The Morgan fingerprint density at radius 1 is 1.18 bits per heavy atom. The van der Waals surface area contributed by atoms with Crippen LogP contribution >= 0.6 is 0 Å². The van der Waals surface area contributed by atoms with Gasteiger partial charge in [0.1, 0.15) is 12.1 Å². The number of aromatic nitrogens is 3. The molecule has 0 amide bonds. The number of rotatable bonds is 10. The standard InChI is InChI=1S/C26H28N6O2/c1-5-11-29-25-24(18(3)6-2)26(32-17-31-25)30-13-9-19-7-8-21(22(14-19)33-4)34-23-15-20(16-27)10-12-28-23/h6-8,10-12,14-15,17H,5,9,13H2,1-4H3,(H,30,31,32). The summed E-state index contributed by atoms with van der Waals surface area (Å²) < 4.78 is 11.3. The summed E-state index contributed by atoms with van der Waals surface area (Å²) in [5, 5.41) is 12.5. The Labute approximate surface area is 200 Å². The van der Waals surface area contributed by atoms with Crippen LogP contribution in [0.2, 0.25) is 0 Å². The highest BCUT2D eigenvalue weighted by molar-refractivity contribution is 5.81. The van der Waals surface area contributed by atoms with Crippen LogP contribution in [-0.4, -0.2) is 34.8 Å². The Bertz CT molecular complexity index is 1230. The van der Waals surface area contributed by atoms with Gasteiger partial charge in [0.2, 0.25) is 5.88 Å². The van der Waals surface area contributed by atoms with Gasteiger partial charge in [0.15, 0.2) is 17.3 Å². The molecule has 0 bridgehead atoms. The van der Waals surface area contributed by atoms with Crippen molar-refractivity contribution in [1.82, 2.24) is 15.0 Å². The molecule has 8 heteroatoms. The first-order valence-electron chi connectivity index (χ1n) is 11.0. The van der Waals surface area contributed by atoms with Crippen molar-refractivity contribution in [3.05, 3.63) is 65.6 Å². The fraction of sp³-hybridized carbons (Fsp3) is 0.269. The highest BCUT2D eigenvalue weighted by atomic mass is 16.5. The molecular formula is C26H28N6O2. The van der Waals surface area contributed by atoms with E-state index in [0.29, 0.717) is 35.3 Å². The van der Waals surface area contributed by atoms with E-state index < -0.39 is 0 Å². The van der Waals surface area contributed by atoms with Crippen LogP contribution in [0.25, 0.3) is 5.57 Å². The Morgan fingerprint density at radius 3 is 2.76 bits per heavy atom. The van der Waals surface area contributed by atoms with Gasteiger partial charge in [-0.15, -0.1) is 0 Å². The second-order valence-corrected chi connectivity index (χ2v) is 7.37. The van der Waals surface area contributed by atoms with Gasteiger partial charge in [0.05, 0.1) is 24.3 Å². The summed E-state index contributed by atoms with van der Waals surface area (Å²) in [5.74, 6) is 2.87. The smallest absolute Gasteiger partial charge is 0.220 e. The molecule has 0 aliphatic rings. The first-order chi connectivity index (χ1) is 16.6. The zero-order chi connectivity index (χ0) is 24.3. The lowest BCUT2D eigenvalue weighted by Gasteiger charge is -2.14. The molecule has 34 heavy (non-hydrogen) atoms. The number of ether oxygens (including phenoxy) is 2. The molecule has 174 valence electrons. The summed E-state index contributed by atoms with van der Waals surface area (Å²) in [5.41, 5.74) is 3.51. The van der Waals surface area contributed by atoms with Crippen LogP contribution in [0.3, 0.4) is 0 Å². The maximum absolute atomic E-state index is 9.06. The van der Waals surface area contributed by atoms with E-state index in [-0.39, 0.29) is 0 Å². The highest BCUT2D eigenvalue weighted by Gasteiger charge is 2.13. The van der Waals surface area contributed by atoms with Crippen LogP contribution in [0.5, 0.6) is 17.4 Å². The number of anilines is 1. The molecule has 0 saturated heterocycles. The third kappa shape index (κ3) is 6.17. The van der Waals surface area contributed by atoms with Crippen LogP contribution < -0.4 is 14.8 Å². The molecule has 1 aromatic carbocycles. The summed E-state index contributed by atoms with van der Waals surface area (Å²) in [6.07, 6.45) is 8.52. The van der Waals surface area contributed by atoms with Crippen LogP contribution in [0.4, 0.5) is 11.6 Å². The molecule has 0 fully saturated rings. The summed E-state index contributed by atoms with van der Waals surface area (Å²) in [6.45, 7) is 6.71. The number of allylic oxidation sites excluding steroid dienone is 2. The van der Waals surface area contributed by atoms with E-state index in [1.165, 1.54) is 12.5 Å². The Balaban J connectivity index is 1.73. The average molecular weight is 457 g/mol. The Hall–Kier alpha value is -4.25. The third-order valence-corrected chi connectivity index (χ3v) is 5.06. The van der Waals surface area contributed by atoms with Crippen molar-refractivity contribution in [3.8, 4) is 23.4 Å². The second kappa shape index (κ2) is 12.1. The van der Waals surface area contributed by atoms with Crippen LogP contribution in [0.1, 0.15) is 43.9 Å². The van der Waals surface area contributed by atoms with Gasteiger partial charge in [0.25, 0.3) is 0 Å². The number of hydrogen-bond donors (Lipinski definition) is 1. The first kappa shape index (κ1) is 24.4. The summed E-state index contributed by atoms with van der Waals surface area (Å²) in [4.78, 5) is 17.4. The van der Waals surface area contributed by atoms with Gasteiger partial charge < -0.3 is 14.8 Å². The molecule has 0 aliphatic heterocycles. The molecule has 3 rings (SSSR count). The predicted octanol–water partition coefficient (Wildman–Crippen LogP) is 5.73. The van der Waals surface area contributed by atoms with E-state index in [1.54, 1.807) is 19.2 Å². The second-order valence-electron chi connectivity index (χ2n) is 7.37. The first-order valence-corrected chi connectivity index (χ1v) is 11.0. The summed E-state index contributed by atoms with van der Waals surface area (Å²) >= 11 is 0. The molecule has 3 aromatic rings. The molecule has 0 atom stereocenters. The summed E-state index contributed by atoms with van der Waals surface area (Å²) in [7, 11) is 1.59. The molecule has 0 saturated carbocycles. The zero-order valence-corrected chi connectivity index (χ0v) is 19.9. The van der Waals surface area contributed by atoms with Crippen molar-refractivity contribution in [3.63, 3.8) is 0 Å². The van der Waals surface area contributed by atoms with Crippen LogP contribution in [0.15, 0.2) is 53.9 Å². The van der Waals surface area contributed by atoms with Gasteiger partial charge in [-0.05, 0) is 56.0 Å². The number of nitriles is 1. The van der Waals surface area contributed by atoms with Crippen molar-refractivity contribution < 1.29 is 9.47 Å². The molecule has 1 N–H and O–H groups in total. The minimum atomic E-state index is 0.337. The quantitative estimate of drug-likeness (QED) is 0.388. The molecule has 0 radical (unpaired) electrons. The number of nitrogens with one attached hydrogen (secondary N) is 1. The van der Waals surface area contributed by atoms with E-state index in [1.807, 2.05) is 51.3 Å². The minimum Gasteiger partial charge on any atom is -0.493 e. The minimum absolute atomic E-state index is 0.337. The van der Waals surface area contributed by atoms with Gasteiger partial charge in [-0.3, -0.25) is 0 Å². The van der Waals surface area contributed by atoms with Gasteiger partial charge in [-0.1, -0.05) is 19.1 Å². The number of aliphatic imine (C=N–C) groups is 1. The van der Waals surface area contributed by atoms with Gasteiger partial charge in [0, 0.05) is 25.0 Å². The topological polar surface area (TPSA) is 105 Å². The Morgan fingerprint density at radius 2 is 2.03 bits per heavy atom. The molecule has 0 aliphatic carbocycles. The van der Waals surface area contributed by atoms with E-state index in [2.05, 4.69) is 31.3 Å². The fourth-order valence-corrected chi connectivity index (χ4v) is 3.22. The number of benzene rings is 1. The van der Waals surface area contributed by atoms with Crippen molar-refractivity contribution in [2.45, 2.75) is 33.6 Å². The fourth-order valence-electron chi connectivity index (χ4n) is 3.22. The third-order valence-electron chi connectivity index (χ3n) is 5.06. The highest BCUT2D eigenvalue weighted by Crippen LogP contribution is 2.32. The van der Waals surface area contributed by atoms with Gasteiger partial charge >= 0.3 is 0 Å². The van der Waals surface area contributed by atoms with Crippen molar-refractivity contribution >= 4 is 23.4 Å². The van der Waals surface area contributed by atoms with Crippen molar-refractivity contribution in [1.29, 1.82) is 5.26 Å². The van der Waals surface area contributed by atoms with Crippen molar-refractivity contribution in [2.24, 2.45) is 4.99 Å². The number of nitrogens with zero attached hydrogens (tertiary/aromatic N) is 5. The monoisotopic (exact) mass is 456 g/mol. The molecule has 2 heterocycles. The SMILES string of the molecule is CC=C(C)c1c(N=CCC)ncnc1NCCc1ccc(Oc2cc(C#N)ccn2)c(OC)c1. The maximum Gasteiger partial charge on any atom is 0.220 e. The molecule has 2 aromatic heterocycles. The van der Waals surface area contributed by atoms with E-state index in [0.717, 1.165) is 35.4 Å². The van der Waals surface area contributed by atoms with Crippen LogP contribution in [0, 0.1) is 11.3 Å². The number of methoxy groups -OCH3 is 1. The van der Waals surface area contributed by atoms with Crippen molar-refractivity contribution in [2.75, 3.05) is 19.0 Å². The maximum atomic E-state index is 9.06. The zero-order valence-electron chi connectivity index (χ0n) is 19.9. The van der Waals surface area contributed by atoms with E-state index in [9.17, 15) is 0 Å². The lowest BCUT2D eigenvalue weighted by molar-refractivity contribution is 0.373. The normalized spacial score (nSPS) is 11.3. The van der Waals surface area contributed by atoms with E-state index >= 15 is 0 Å². The molecule has 8 nitrogen and oxygen atoms in total. The van der Waals surface area contributed by atoms with E-state index in [4.69, 9.17) is 14.7 Å². The largest absolute Gasteiger partial charge is 0.493 e. The van der Waals surface area contributed by atoms with Gasteiger partial charge in [-0.2, -0.15) is 5.26 Å². The van der Waals surface area contributed by atoms with Gasteiger partial charge in [-0.25, -0.2) is 19.9 Å². The summed E-state index contributed by atoms with van der Waals surface area (Å²) in [6, 6.07) is 11.0. The molecule has 0 unspecified atom stereocenters. The number of pyridine rings is 1. The molecular weight excluding hydrogens is 428 g/mol.